The van der Waals surface area contributed by atoms with E-state index in [0.29, 0.717) is 23.8 Å². The molecule has 5 nitrogen and oxygen atoms in total. The van der Waals surface area contributed by atoms with Crippen LogP contribution in [0.5, 0.6) is 0 Å². The number of rotatable bonds is 3. The van der Waals surface area contributed by atoms with Crippen LogP contribution in [-0.2, 0) is 4.79 Å². The van der Waals surface area contributed by atoms with E-state index in [4.69, 9.17) is 0 Å². The number of carbonyl (C=O) groups is 1. The third-order valence-corrected chi connectivity index (χ3v) is 4.70. The maximum atomic E-state index is 11.4. The third kappa shape index (κ3) is 3.64. The predicted octanol–water partition coefficient (Wildman–Crippen LogP) is 1.21. The highest BCUT2D eigenvalue weighted by molar-refractivity contribution is 5.81. The molecule has 114 valence electrons. The summed E-state index contributed by atoms with van der Waals surface area (Å²) in [5, 5.41) is 6.28. The lowest BCUT2D eigenvalue weighted by atomic mass is 9.93. The van der Waals surface area contributed by atoms with Crippen LogP contribution >= 0.6 is 0 Å². The molecule has 2 fully saturated rings. The summed E-state index contributed by atoms with van der Waals surface area (Å²) in [6.45, 7) is 6.56. The van der Waals surface area contributed by atoms with Gasteiger partial charge in [-0.15, -0.1) is 0 Å². The highest BCUT2D eigenvalue weighted by Crippen LogP contribution is 2.44. The molecular weight excluding hydrogens is 252 g/mol. The van der Waals surface area contributed by atoms with Gasteiger partial charge in [-0.1, -0.05) is 13.8 Å². The van der Waals surface area contributed by atoms with Crippen LogP contribution in [0.1, 0.15) is 39.5 Å². The Hall–Kier alpha value is -1.26. The summed E-state index contributed by atoms with van der Waals surface area (Å²) in [7, 11) is 3.56. The Balaban J connectivity index is 1.78. The molecular formula is C15H28N4O. The van der Waals surface area contributed by atoms with Crippen molar-refractivity contribution in [2.45, 2.75) is 45.6 Å². The van der Waals surface area contributed by atoms with Crippen molar-refractivity contribution in [1.29, 1.82) is 0 Å². The van der Waals surface area contributed by atoms with Crippen LogP contribution in [0.2, 0.25) is 0 Å². The van der Waals surface area contributed by atoms with Crippen molar-refractivity contribution < 1.29 is 4.79 Å². The van der Waals surface area contributed by atoms with E-state index in [9.17, 15) is 4.79 Å². The molecule has 0 bridgehead atoms. The largest absolute Gasteiger partial charge is 0.359 e. The average Bonchev–Trinajstić information content (AvgIpc) is 3.04. The standard InChI is InChI=1S/C15H28N4O/c1-15(2)10-12(15)18-14(17-4)19-7-5-11(6-8-19)9-13(20)16-3/h11-12H,5-10H2,1-4H3,(H,16,20)(H,17,18). The van der Waals surface area contributed by atoms with Crippen molar-refractivity contribution in [3.8, 4) is 0 Å². The minimum absolute atomic E-state index is 0.158. The van der Waals surface area contributed by atoms with Gasteiger partial charge in [-0.3, -0.25) is 9.79 Å². The number of nitrogens with one attached hydrogen (secondary N) is 2. The SMILES string of the molecule is CN=C(NC1CC1(C)C)N1CCC(CC(=O)NC)CC1. The number of guanidine groups is 1. The highest BCUT2D eigenvalue weighted by Gasteiger charge is 2.46. The lowest BCUT2D eigenvalue weighted by Crippen LogP contribution is -2.47. The lowest BCUT2D eigenvalue weighted by molar-refractivity contribution is -0.121. The fourth-order valence-corrected chi connectivity index (χ4v) is 2.88. The van der Waals surface area contributed by atoms with Gasteiger partial charge in [-0.25, -0.2) is 0 Å². The normalized spacial score (nSPS) is 26.3. The van der Waals surface area contributed by atoms with Gasteiger partial charge in [-0.05, 0) is 30.6 Å². The van der Waals surface area contributed by atoms with Crippen molar-refractivity contribution in [2.24, 2.45) is 16.3 Å². The average molecular weight is 280 g/mol. The van der Waals surface area contributed by atoms with Crippen LogP contribution in [0.4, 0.5) is 0 Å². The second-order valence-electron chi connectivity index (χ2n) is 6.74. The van der Waals surface area contributed by atoms with E-state index in [2.05, 4.69) is 34.4 Å². The van der Waals surface area contributed by atoms with E-state index >= 15 is 0 Å². The van der Waals surface area contributed by atoms with Gasteiger partial charge in [0.2, 0.25) is 5.91 Å². The van der Waals surface area contributed by atoms with Gasteiger partial charge in [0.05, 0.1) is 0 Å². The minimum atomic E-state index is 0.158. The summed E-state index contributed by atoms with van der Waals surface area (Å²) in [6.07, 6.45) is 4.02. The molecule has 5 heteroatoms. The van der Waals surface area contributed by atoms with Crippen LogP contribution in [0.15, 0.2) is 4.99 Å². The van der Waals surface area contributed by atoms with Crippen LogP contribution in [0.3, 0.4) is 0 Å². The smallest absolute Gasteiger partial charge is 0.220 e. The molecule has 2 rings (SSSR count). The molecule has 1 aliphatic heterocycles. The van der Waals surface area contributed by atoms with Gasteiger partial charge >= 0.3 is 0 Å². The first kappa shape index (κ1) is 15.1. The van der Waals surface area contributed by atoms with E-state index in [-0.39, 0.29) is 5.91 Å². The molecule has 2 aliphatic rings. The Morgan fingerprint density at radius 2 is 1.95 bits per heavy atom. The van der Waals surface area contributed by atoms with Gasteiger partial charge in [0, 0.05) is 39.6 Å². The molecule has 1 heterocycles. The molecule has 1 atom stereocenters. The zero-order valence-electron chi connectivity index (χ0n) is 13.2. The number of piperidine rings is 1. The second-order valence-corrected chi connectivity index (χ2v) is 6.74. The van der Waals surface area contributed by atoms with Crippen LogP contribution in [-0.4, -0.2) is 50.0 Å². The first-order chi connectivity index (χ1) is 9.46. The number of aliphatic imine (C=N–C) groups is 1. The molecule has 1 saturated carbocycles. The van der Waals surface area contributed by atoms with E-state index in [1.165, 1.54) is 6.42 Å². The van der Waals surface area contributed by atoms with Crippen molar-refractivity contribution in [1.82, 2.24) is 15.5 Å². The second kappa shape index (κ2) is 6.02. The molecule has 0 aromatic rings. The Kier molecular flexibility index (Phi) is 4.55. The summed E-state index contributed by atoms with van der Waals surface area (Å²) in [6, 6.07) is 0.560. The van der Waals surface area contributed by atoms with Crippen molar-refractivity contribution in [2.75, 3.05) is 27.2 Å². The maximum Gasteiger partial charge on any atom is 0.220 e. The molecule has 1 amide bonds. The zero-order valence-corrected chi connectivity index (χ0v) is 13.2. The molecule has 2 N–H and O–H groups in total. The van der Waals surface area contributed by atoms with E-state index in [1.807, 2.05) is 7.05 Å². The molecule has 1 saturated heterocycles. The van der Waals surface area contributed by atoms with Crippen LogP contribution < -0.4 is 10.6 Å². The number of carbonyl (C=O) groups excluding carboxylic acids is 1. The first-order valence-corrected chi connectivity index (χ1v) is 7.65. The van der Waals surface area contributed by atoms with Crippen LogP contribution in [0.25, 0.3) is 0 Å². The van der Waals surface area contributed by atoms with Gasteiger partial charge in [0.15, 0.2) is 5.96 Å². The minimum Gasteiger partial charge on any atom is -0.359 e. The molecule has 0 spiro atoms. The van der Waals surface area contributed by atoms with Gasteiger partial charge in [0.25, 0.3) is 0 Å². The quantitative estimate of drug-likeness (QED) is 0.603. The molecule has 1 unspecified atom stereocenters. The highest BCUT2D eigenvalue weighted by atomic mass is 16.1. The number of likely N-dealkylation sites (tertiary alicyclic amines) is 1. The first-order valence-electron chi connectivity index (χ1n) is 7.65. The van der Waals surface area contributed by atoms with E-state index in [0.717, 1.165) is 31.9 Å². The fraction of sp³-hybridized carbons (Fsp3) is 0.867. The lowest BCUT2D eigenvalue weighted by Gasteiger charge is -2.34. The predicted molar refractivity (Wildman–Crippen MR) is 81.7 cm³/mol. The van der Waals surface area contributed by atoms with Crippen molar-refractivity contribution in [3.05, 3.63) is 0 Å². The van der Waals surface area contributed by atoms with E-state index < -0.39 is 0 Å². The molecule has 1 aliphatic carbocycles. The van der Waals surface area contributed by atoms with Gasteiger partial charge < -0.3 is 15.5 Å². The summed E-state index contributed by atoms with van der Waals surface area (Å²) >= 11 is 0. The number of hydrogen-bond acceptors (Lipinski definition) is 2. The van der Waals surface area contributed by atoms with Crippen LogP contribution in [0, 0.1) is 11.3 Å². The number of amides is 1. The van der Waals surface area contributed by atoms with Gasteiger partial charge in [0.1, 0.15) is 0 Å². The fourth-order valence-electron chi connectivity index (χ4n) is 2.88. The Morgan fingerprint density at radius 3 is 2.40 bits per heavy atom. The van der Waals surface area contributed by atoms with E-state index in [1.54, 1.807) is 7.05 Å². The molecule has 0 aromatic heterocycles. The van der Waals surface area contributed by atoms with Crippen molar-refractivity contribution >= 4 is 11.9 Å². The van der Waals surface area contributed by atoms with Gasteiger partial charge in [-0.2, -0.15) is 0 Å². The molecule has 0 aromatic carbocycles. The number of nitrogens with zero attached hydrogens (tertiary/aromatic N) is 2. The Morgan fingerprint density at radius 1 is 1.35 bits per heavy atom. The summed E-state index contributed by atoms with van der Waals surface area (Å²) in [5.74, 6) is 1.70. The number of hydrogen-bond donors (Lipinski definition) is 2. The third-order valence-electron chi connectivity index (χ3n) is 4.70. The summed E-state index contributed by atoms with van der Waals surface area (Å²) in [5.41, 5.74) is 0.410. The molecule has 20 heavy (non-hydrogen) atoms. The Bertz CT molecular complexity index is 383. The summed E-state index contributed by atoms with van der Waals surface area (Å²) in [4.78, 5) is 18.2. The maximum absolute atomic E-state index is 11.4. The summed E-state index contributed by atoms with van der Waals surface area (Å²) < 4.78 is 0. The monoisotopic (exact) mass is 280 g/mol. The topological polar surface area (TPSA) is 56.7 Å². The zero-order chi connectivity index (χ0) is 14.8. The molecule has 0 radical (unpaired) electrons. The van der Waals surface area contributed by atoms with Crippen molar-refractivity contribution in [3.63, 3.8) is 0 Å². The Labute approximate surface area is 122 Å².